The first kappa shape index (κ1) is 12.5. The fourth-order valence-corrected chi connectivity index (χ4v) is 1.66. The molecule has 0 saturated heterocycles. The van der Waals surface area contributed by atoms with E-state index in [9.17, 15) is 0 Å². The van der Waals surface area contributed by atoms with Gasteiger partial charge in [-0.05, 0) is 24.6 Å². The normalized spacial score (nSPS) is 11.8. The summed E-state index contributed by atoms with van der Waals surface area (Å²) in [6, 6.07) is 9.96. The lowest BCUT2D eigenvalue weighted by Gasteiger charge is -2.18. The summed E-state index contributed by atoms with van der Waals surface area (Å²) in [7, 11) is 1.70. The van der Waals surface area contributed by atoms with Crippen LogP contribution in [0.1, 0.15) is 25.3 Å². The highest BCUT2D eigenvalue weighted by Gasteiger charge is 2.06. The van der Waals surface area contributed by atoms with E-state index in [2.05, 4.69) is 18.3 Å². The Bertz CT molecular complexity index is 351. The first-order valence-corrected chi connectivity index (χ1v) is 5.55. The summed E-state index contributed by atoms with van der Waals surface area (Å²) in [5.74, 6) is 0. The Morgan fingerprint density at radius 3 is 2.94 bits per heavy atom. The van der Waals surface area contributed by atoms with Gasteiger partial charge in [0.05, 0.1) is 18.2 Å². The van der Waals surface area contributed by atoms with E-state index in [1.165, 1.54) is 0 Å². The van der Waals surface area contributed by atoms with Crippen LogP contribution in [0.2, 0.25) is 0 Å². The lowest BCUT2D eigenvalue weighted by Crippen LogP contribution is -2.24. The minimum absolute atomic E-state index is 0.309. The van der Waals surface area contributed by atoms with Gasteiger partial charge >= 0.3 is 0 Å². The fraction of sp³-hybridized carbons (Fsp3) is 0.462. The van der Waals surface area contributed by atoms with Crippen LogP contribution >= 0.6 is 0 Å². The average molecular weight is 218 g/mol. The van der Waals surface area contributed by atoms with E-state index >= 15 is 0 Å². The number of nitriles is 1. The largest absolute Gasteiger partial charge is 0.383 e. The second-order valence-electron chi connectivity index (χ2n) is 3.78. The summed E-state index contributed by atoms with van der Waals surface area (Å²) in [6.45, 7) is 2.83. The van der Waals surface area contributed by atoms with Gasteiger partial charge < -0.3 is 10.1 Å². The van der Waals surface area contributed by atoms with Crippen LogP contribution in [-0.2, 0) is 4.74 Å². The van der Waals surface area contributed by atoms with Crippen molar-refractivity contribution < 1.29 is 4.74 Å². The number of benzene rings is 1. The third-order valence-electron chi connectivity index (χ3n) is 2.37. The molecule has 0 aromatic heterocycles. The van der Waals surface area contributed by atoms with Crippen molar-refractivity contribution >= 4 is 5.69 Å². The Labute approximate surface area is 97.0 Å². The number of hydrogen-bond acceptors (Lipinski definition) is 3. The van der Waals surface area contributed by atoms with Gasteiger partial charge in [0.15, 0.2) is 0 Å². The molecule has 0 fully saturated rings. The Morgan fingerprint density at radius 1 is 1.50 bits per heavy atom. The molecule has 3 nitrogen and oxygen atoms in total. The Kier molecular flexibility index (Phi) is 5.38. The molecule has 16 heavy (non-hydrogen) atoms. The van der Waals surface area contributed by atoms with Crippen LogP contribution in [-0.4, -0.2) is 19.8 Å². The maximum absolute atomic E-state index is 8.80. The van der Waals surface area contributed by atoms with E-state index in [1.807, 2.05) is 18.2 Å². The van der Waals surface area contributed by atoms with Crippen LogP contribution in [0.4, 0.5) is 5.69 Å². The molecule has 0 saturated carbocycles. The van der Waals surface area contributed by atoms with Gasteiger partial charge in [-0.3, -0.25) is 0 Å². The van der Waals surface area contributed by atoms with Gasteiger partial charge in [0, 0.05) is 18.8 Å². The van der Waals surface area contributed by atoms with Crippen molar-refractivity contribution in [2.75, 3.05) is 19.0 Å². The van der Waals surface area contributed by atoms with Crippen molar-refractivity contribution in [3.8, 4) is 6.07 Å². The standard InChI is InChI=1S/C13H18N2O/c1-3-5-13(10-16-2)15-12-7-4-6-11(8-12)9-14/h4,6-8,13,15H,3,5,10H2,1-2H3. The highest BCUT2D eigenvalue weighted by Crippen LogP contribution is 2.13. The van der Waals surface area contributed by atoms with Gasteiger partial charge in [-0.15, -0.1) is 0 Å². The lowest BCUT2D eigenvalue weighted by atomic mass is 10.1. The van der Waals surface area contributed by atoms with E-state index in [4.69, 9.17) is 10.00 Å². The van der Waals surface area contributed by atoms with E-state index in [0.717, 1.165) is 18.5 Å². The molecular weight excluding hydrogens is 200 g/mol. The molecule has 0 aliphatic rings. The van der Waals surface area contributed by atoms with Crippen LogP contribution in [0.25, 0.3) is 0 Å². The van der Waals surface area contributed by atoms with Crippen molar-refractivity contribution in [3.05, 3.63) is 29.8 Å². The number of hydrogen-bond donors (Lipinski definition) is 1. The maximum atomic E-state index is 8.80. The third-order valence-corrected chi connectivity index (χ3v) is 2.37. The predicted octanol–water partition coefficient (Wildman–Crippen LogP) is 2.79. The molecule has 0 bridgehead atoms. The SMILES string of the molecule is CCCC(COC)Nc1cccc(C#N)c1. The zero-order chi connectivity index (χ0) is 11.8. The van der Waals surface area contributed by atoms with Crippen molar-refractivity contribution in [2.45, 2.75) is 25.8 Å². The Balaban J connectivity index is 2.65. The topological polar surface area (TPSA) is 45.0 Å². The zero-order valence-corrected chi connectivity index (χ0v) is 9.86. The summed E-state index contributed by atoms with van der Waals surface area (Å²) in [5, 5.41) is 12.2. The van der Waals surface area contributed by atoms with Crippen LogP contribution in [0, 0.1) is 11.3 Å². The number of nitrogens with one attached hydrogen (secondary N) is 1. The average Bonchev–Trinajstić information content (AvgIpc) is 2.30. The highest BCUT2D eigenvalue weighted by atomic mass is 16.5. The first-order valence-electron chi connectivity index (χ1n) is 5.55. The summed E-state index contributed by atoms with van der Waals surface area (Å²) < 4.78 is 5.16. The molecule has 1 aromatic carbocycles. The molecule has 0 aliphatic heterocycles. The molecule has 0 radical (unpaired) electrons. The van der Waals surface area contributed by atoms with E-state index in [0.29, 0.717) is 18.2 Å². The van der Waals surface area contributed by atoms with E-state index in [1.54, 1.807) is 13.2 Å². The van der Waals surface area contributed by atoms with Gasteiger partial charge in [0.1, 0.15) is 0 Å². The smallest absolute Gasteiger partial charge is 0.0992 e. The molecule has 1 atom stereocenters. The van der Waals surface area contributed by atoms with Gasteiger partial charge in [0.25, 0.3) is 0 Å². The van der Waals surface area contributed by atoms with Crippen molar-refractivity contribution in [1.29, 1.82) is 5.26 Å². The molecule has 1 N–H and O–H groups in total. The third kappa shape index (κ3) is 3.92. The molecular formula is C13H18N2O. The second kappa shape index (κ2) is 6.86. The summed E-state index contributed by atoms with van der Waals surface area (Å²) in [6.07, 6.45) is 2.17. The molecule has 0 aliphatic carbocycles. The quantitative estimate of drug-likeness (QED) is 0.798. The minimum Gasteiger partial charge on any atom is -0.383 e. The van der Waals surface area contributed by atoms with Crippen molar-refractivity contribution in [1.82, 2.24) is 0 Å². The van der Waals surface area contributed by atoms with Crippen LogP contribution < -0.4 is 5.32 Å². The Hall–Kier alpha value is -1.53. The van der Waals surface area contributed by atoms with Crippen LogP contribution in [0.5, 0.6) is 0 Å². The fourth-order valence-electron chi connectivity index (χ4n) is 1.66. The number of methoxy groups -OCH3 is 1. The monoisotopic (exact) mass is 218 g/mol. The second-order valence-corrected chi connectivity index (χ2v) is 3.78. The summed E-state index contributed by atoms with van der Waals surface area (Å²) >= 11 is 0. The van der Waals surface area contributed by atoms with Gasteiger partial charge in [-0.1, -0.05) is 19.4 Å². The molecule has 0 heterocycles. The molecule has 0 amide bonds. The van der Waals surface area contributed by atoms with E-state index in [-0.39, 0.29) is 0 Å². The number of nitrogens with zero attached hydrogens (tertiary/aromatic N) is 1. The van der Waals surface area contributed by atoms with E-state index < -0.39 is 0 Å². The molecule has 1 unspecified atom stereocenters. The van der Waals surface area contributed by atoms with Gasteiger partial charge in [0.2, 0.25) is 0 Å². The number of rotatable bonds is 6. The molecule has 1 aromatic rings. The first-order chi connectivity index (χ1) is 7.80. The molecule has 1 rings (SSSR count). The van der Waals surface area contributed by atoms with Crippen molar-refractivity contribution in [3.63, 3.8) is 0 Å². The minimum atomic E-state index is 0.309. The maximum Gasteiger partial charge on any atom is 0.0992 e. The highest BCUT2D eigenvalue weighted by molar-refractivity contribution is 5.49. The number of ether oxygens (including phenoxy) is 1. The molecule has 3 heteroatoms. The lowest BCUT2D eigenvalue weighted by molar-refractivity contribution is 0.182. The van der Waals surface area contributed by atoms with Crippen LogP contribution in [0.15, 0.2) is 24.3 Å². The predicted molar refractivity (Wildman–Crippen MR) is 65.4 cm³/mol. The Morgan fingerprint density at radius 2 is 2.31 bits per heavy atom. The van der Waals surface area contributed by atoms with Crippen molar-refractivity contribution in [2.24, 2.45) is 0 Å². The van der Waals surface area contributed by atoms with Gasteiger partial charge in [-0.2, -0.15) is 5.26 Å². The molecule has 86 valence electrons. The summed E-state index contributed by atoms with van der Waals surface area (Å²) in [4.78, 5) is 0. The van der Waals surface area contributed by atoms with Crippen LogP contribution in [0.3, 0.4) is 0 Å². The number of anilines is 1. The summed E-state index contributed by atoms with van der Waals surface area (Å²) in [5.41, 5.74) is 1.66. The molecule has 0 spiro atoms. The van der Waals surface area contributed by atoms with Gasteiger partial charge in [-0.25, -0.2) is 0 Å². The zero-order valence-electron chi connectivity index (χ0n) is 9.86.